The summed E-state index contributed by atoms with van der Waals surface area (Å²) < 4.78 is 5.94. The van der Waals surface area contributed by atoms with E-state index in [1.807, 2.05) is 19.2 Å². The van der Waals surface area contributed by atoms with E-state index in [2.05, 4.69) is 18.3 Å². The fourth-order valence-electron chi connectivity index (χ4n) is 3.20. The minimum atomic E-state index is -0.163. The maximum atomic E-state index is 6.44. The van der Waals surface area contributed by atoms with Crippen LogP contribution in [0.3, 0.4) is 0 Å². The Bertz CT molecular complexity index is 444. The summed E-state index contributed by atoms with van der Waals surface area (Å²) in [6.45, 7) is 3.11. The molecule has 0 spiro atoms. The van der Waals surface area contributed by atoms with Gasteiger partial charge in [0, 0.05) is 7.11 Å². The molecule has 1 atom stereocenters. The number of benzene rings is 1. The lowest BCUT2D eigenvalue weighted by Gasteiger charge is -2.38. The minimum absolute atomic E-state index is 0.0983. The molecule has 0 aromatic heterocycles. The van der Waals surface area contributed by atoms with E-state index in [9.17, 15) is 0 Å². The first-order chi connectivity index (χ1) is 9.64. The van der Waals surface area contributed by atoms with Gasteiger partial charge in [0.15, 0.2) is 0 Å². The molecule has 1 aromatic carbocycles. The summed E-state index contributed by atoms with van der Waals surface area (Å²) in [5.41, 5.74) is 0.889. The Morgan fingerprint density at radius 1 is 1.30 bits per heavy atom. The van der Waals surface area contributed by atoms with Crippen LogP contribution >= 0.6 is 23.2 Å². The van der Waals surface area contributed by atoms with Gasteiger partial charge in [-0.1, -0.05) is 55.1 Å². The van der Waals surface area contributed by atoms with Crippen LogP contribution in [0, 0.1) is 0 Å². The van der Waals surface area contributed by atoms with E-state index >= 15 is 0 Å². The van der Waals surface area contributed by atoms with Crippen LogP contribution < -0.4 is 5.32 Å². The highest BCUT2D eigenvalue weighted by Gasteiger charge is 2.43. The van der Waals surface area contributed by atoms with Gasteiger partial charge in [-0.3, -0.25) is 0 Å². The molecule has 0 bridgehead atoms. The lowest BCUT2D eigenvalue weighted by atomic mass is 9.86. The van der Waals surface area contributed by atoms with Crippen LogP contribution in [-0.2, 0) is 4.74 Å². The van der Waals surface area contributed by atoms with Gasteiger partial charge in [0.1, 0.15) is 0 Å². The van der Waals surface area contributed by atoms with Crippen molar-refractivity contribution >= 4 is 23.2 Å². The van der Waals surface area contributed by atoms with Crippen molar-refractivity contribution in [3.05, 3.63) is 33.8 Å². The first-order valence-corrected chi connectivity index (χ1v) is 8.12. The zero-order valence-corrected chi connectivity index (χ0v) is 13.7. The second kappa shape index (κ2) is 7.13. The van der Waals surface area contributed by atoms with Gasteiger partial charge < -0.3 is 10.1 Å². The van der Waals surface area contributed by atoms with Gasteiger partial charge in [-0.25, -0.2) is 0 Å². The lowest BCUT2D eigenvalue weighted by Crippen LogP contribution is -2.44. The molecular weight excluding hydrogens is 293 g/mol. The topological polar surface area (TPSA) is 21.3 Å². The van der Waals surface area contributed by atoms with Crippen molar-refractivity contribution in [2.24, 2.45) is 0 Å². The molecule has 0 amide bonds. The molecule has 1 aliphatic rings. The highest BCUT2D eigenvalue weighted by molar-refractivity contribution is 6.42. The summed E-state index contributed by atoms with van der Waals surface area (Å²) in [5, 5.41) is 4.87. The summed E-state index contributed by atoms with van der Waals surface area (Å²) in [7, 11) is 1.81. The van der Waals surface area contributed by atoms with Gasteiger partial charge in [0.25, 0.3) is 0 Å². The first kappa shape index (κ1) is 16.1. The van der Waals surface area contributed by atoms with Gasteiger partial charge in [-0.05, 0) is 37.4 Å². The Labute approximate surface area is 131 Å². The van der Waals surface area contributed by atoms with Crippen LogP contribution in [0.4, 0.5) is 0 Å². The third-order valence-corrected chi connectivity index (χ3v) is 5.11. The lowest BCUT2D eigenvalue weighted by molar-refractivity contribution is -0.0367. The third-order valence-electron chi connectivity index (χ3n) is 4.27. The largest absolute Gasteiger partial charge is 0.376 e. The molecule has 4 heteroatoms. The summed E-state index contributed by atoms with van der Waals surface area (Å²) in [5.74, 6) is 0. The second-order valence-electron chi connectivity index (χ2n) is 5.51. The van der Waals surface area contributed by atoms with Gasteiger partial charge >= 0.3 is 0 Å². The molecule has 1 aliphatic carbocycles. The summed E-state index contributed by atoms with van der Waals surface area (Å²) >= 11 is 12.6. The molecule has 0 aliphatic heterocycles. The number of methoxy groups -OCH3 is 1. The molecule has 0 saturated heterocycles. The Morgan fingerprint density at radius 3 is 2.60 bits per heavy atom. The average Bonchev–Trinajstić information content (AvgIpc) is 2.93. The van der Waals surface area contributed by atoms with E-state index < -0.39 is 0 Å². The van der Waals surface area contributed by atoms with Gasteiger partial charge in [0.05, 0.1) is 21.7 Å². The first-order valence-electron chi connectivity index (χ1n) is 7.37. The van der Waals surface area contributed by atoms with Gasteiger partial charge in [-0.15, -0.1) is 0 Å². The number of hydrogen-bond acceptors (Lipinski definition) is 2. The number of hydrogen-bond donors (Lipinski definition) is 1. The van der Waals surface area contributed by atoms with E-state index in [4.69, 9.17) is 27.9 Å². The molecule has 0 radical (unpaired) electrons. The Hall–Kier alpha value is -0.280. The molecule has 2 rings (SSSR count). The molecule has 1 aromatic rings. The molecule has 20 heavy (non-hydrogen) atoms. The van der Waals surface area contributed by atoms with Crippen molar-refractivity contribution in [3.8, 4) is 0 Å². The van der Waals surface area contributed by atoms with E-state index in [0.29, 0.717) is 10.0 Å². The normalized spacial score (nSPS) is 19.2. The van der Waals surface area contributed by atoms with Crippen LogP contribution in [0.1, 0.15) is 50.6 Å². The highest BCUT2D eigenvalue weighted by atomic mass is 35.5. The number of rotatable bonds is 6. The van der Waals surface area contributed by atoms with Crippen LogP contribution in [0.2, 0.25) is 10.0 Å². The zero-order chi connectivity index (χ0) is 14.6. The predicted octanol–water partition coefficient (Wildman–Crippen LogP) is 4.99. The Kier molecular flexibility index (Phi) is 5.74. The van der Waals surface area contributed by atoms with Gasteiger partial charge in [0.2, 0.25) is 0 Å². The SMILES string of the molecule is CCCNC(c1cccc(Cl)c1Cl)C1(OC)CCCC1. The molecule has 112 valence electrons. The molecule has 0 heterocycles. The van der Waals surface area contributed by atoms with E-state index in [0.717, 1.165) is 31.4 Å². The monoisotopic (exact) mass is 315 g/mol. The zero-order valence-electron chi connectivity index (χ0n) is 12.2. The quantitative estimate of drug-likeness (QED) is 0.798. The maximum absolute atomic E-state index is 6.44. The van der Waals surface area contributed by atoms with Crippen molar-refractivity contribution in [3.63, 3.8) is 0 Å². The Morgan fingerprint density at radius 2 is 2.00 bits per heavy atom. The third kappa shape index (κ3) is 3.14. The number of nitrogens with one attached hydrogen (secondary N) is 1. The molecule has 1 saturated carbocycles. The van der Waals surface area contributed by atoms with E-state index in [-0.39, 0.29) is 11.6 Å². The van der Waals surface area contributed by atoms with Crippen LogP contribution in [0.25, 0.3) is 0 Å². The predicted molar refractivity (Wildman–Crippen MR) is 85.7 cm³/mol. The van der Waals surface area contributed by atoms with Crippen LogP contribution in [-0.4, -0.2) is 19.3 Å². The molecule has 1 unspecified atom stereocenters. The minimum Gasteiger partial charge on any atom is -0.376 e. The smallest absolute Gasteiger partial charge is 0.0873 e. The van der Waals surface area contributed by atoms with Crippen molar-refractivity contribution in [2.45, 2.75) is 50.7 Å². The van der Waals surface area contributed by atoms with E-state index in [1.54, 1.807) is 0 Å². The van der Waals surface area contributed by atoms with Crippen molar-refractivity contribution in [2.75, 3.05) is 13.7 Å². The van der Waals surface area contributed by atoms with Crippen molar-refractivity contribution < 1.29 is 4.74 Å². The summed E-state index contributed by atoms with van der Waals surface area (Å²) in [6.07, 6.45) is 5.61. The highest BCUT2D eigenvalue weighted by Crippen LogP contribution is 2.45. The summed E-state index contributed by atoms with van der Waals surface area (Å²) in [6, 6.07) is 5.95. The van der Waals surface area contributed by atoms with Crippen molar-refractivity contribution in [1.29, 1.82) is 0 Å². The van der Waals surface area contributed by atoms with Crippen molar-refractivity contribution in [1.82, 2.24) is 5.32 Å². The van der Waals surface area contributed by atoms with Crippen LogP contribution in [0.5, 0.6) is 0 Å². The fraction of sp³-hybridized carbons (Fsp3) is 0.625. The number of halogens is 2. The molecular formula is C16H23Cl2NO. The Balaban J connectivity index is 2.38. The average molecular weight is 316 g/mol. The molecule has 1 fully saturated rings. The standard InChI is InChI=1S/C16H23Cl2NO/c1-3-11-19-15(16(20-2)9-4-5-10-16)12-7-6-8-13(17)14(12)18/h6-8,15,19H,3-5,9-11H2,1-2H3. The molecule has 1 N–H and O–H groups in total. The number of ether oxygens (including phenoxy) is 1. The van der Waals surface area contributed by atoms with Crippen LogP contribution in [0.15, 0.2) is 18.2 Å². The van der Waals surface area contributed by atoms with E-state index in [1.165, 1.54) is 12.8 Å². The fourth-order valence-corrected chi connectivity index (χ4v) is 3.61. The summed E-state index contributed by atoms with van der Waals surface area (Å²) in [4.78, 5) is 0. The molecule has 2 nitrogen and oxygen atoms in total. The second-order valence-corrected chi connectivity index (χ2v) is 6.29. The van der Waals surface area contributed by atoms with Gasteiger partial charge in [-0.2, -0.15) is 0 Å². The maximum Gasteiger partial charge on any atom is 0.0873 e.